The van der Waals surface area contributed by atoms with Gasteiger partial charge in [0.05, 0.1) is 6.54 Å². The Morgan fingerprint density at radius 3 is 2.65 bits per heavy atom. The number of likely N-dealkylation sites (tertiary alicyclic amines) is 1. The first-order valence-electron chi connectivity index (χ1n) is 7.60. The van der Waals surface area contributed by atoms with Crippen LogP contribution in [0.1, 0.15) is 17.5 Å². The molecule has 4 nitrogen and oxygen atoms in total. The fraction of sp³-hybridized carbons (Fsp3) is 0.562. The van der Waals surface area contributed by atoms with E-state index < -0.39 is 0 Å². The van der Waals surface area contributed by atoms with Crippen molar-refractivity contribution in [1.82, 2.24) is 15.1 Å². The van der Waals surface area contributed by atoms with Crippen molar-refractivity contribution >= 4 is 5.91 Å². The van der Waals surface area contributed by atoms with Gasteiger partial charge in [-0.15, -0.1) is 0 Å². The number of rotatable bonds is 2. The summed E-state index contributed by atoms with van der Waals surface area (Å²) in [6, 6.07) is 9.05. The molecule has 4 heteroatoms. The van der Waals surface area contributed by atoms with E-state index >= 15 is 0 Å². The summed E-state index contributed by atoms with van der Waals surface area (Å²) in [5.41, 5.74) is 2.75. The van der Waals surface area contributed by atoms with E-state index in [1.165, 1.54) is 17.5 Å². The van der Waals surface area contributed by atoms with E-state index in [4.69, 9.17) is 0 Å². The zero-order chi connectivity index (χ0) is 13.5. The zero-order valence-electron chi connectivity index (χ0n) is 11.7. The van der Waals surface area contributed by atoms with E-state index in [0.717, 1.165) is 32.7 Å². The number of hydrogen-bond donors (Lipinski definition) is 1. The molecule has 3 aliphatic heterocycles. The van der Waals surface area contributed by atoms with Crippen molar-refractivity contribution in [2.24, 2.45) is 5.92 Å². The molecule has 0 spiro atoms. The fourth-order valence-corrected chi connectivity index (χ4v) is 3.86. The van der Waals surface area contributed by atoms with Crippen LogP contribution in [0.5, 0.6) is 0 Å². The zero-order valence-corrected chi connectivity index (χ0v) is 11.7. The molecule has 1 aromatic carbocycles. The number of nitrogens with one attached hydrogen (secondary N) is 1. The molecular weight excluding hydrogens is 250 g/mol. The number of nitrogens with zero attached hydrogens (tertiary/aromatic N) is 2. The molecule has 1 N–H and O–H groups in total. The van der Waals surface area contributed by atoms with Crippen LogP contribution in [0.25, 0.3) is 0 Å². The first-order valence-corrected chi connectivity index (χ1v) is 7.60. The Bertz CT molecular complexity index is 493. The average Bonchev–Trinajstić information content (AvgIpc) is 3.11. The number of benzene rings is 1. The minimum atomic E-state index is 0.300. The highest BCUT2D eigenvalue weighted by atomic mass is 16.2. The van der Waals surface area contributed by atoms with Gasteiger partial charge in [-0.05, 0) is 30.0 Å². The summed E-state index contributed by atoms with van der Waals surface area (Å²) in [7, 11) is 0. The van der Waals surface area contributed by atoms with Gasteiger partial charge in [0.25, 0.3) is 0 Å². The molecule has 3 heterocycles. The van der Waals surface area contributed by atoms with E-state index in [2.05, 4.69) is 39.4 Å². The van der Waals surface area contributed by atoms with Crippen LogP contribution in [0.4, 0.5) is 0 Å². The van der Waals surface area contributed by atoms with Gasteiger partial charge in [0.1, 0.15) is 0 Å². The Kier molecular flexibility index (Phi) is 3.00. The van der Waals surface area contributed by atoms with Crippen LogP contribution in [0.3, 0.4) is 0 Å². The molecule has 4 rings (SSSR count). The van der Waals surface area contributed by atoms with Crippen molar-refractivity contribution in [1.29, 1.82) is 0 Å². The fourth-order valence-electron chi connectivity index (χ4n) is 3.86. The van der Waals surface area contributed by atoms with E-state index in [9.17, 15) is 4.79 Å². The van der Waals surface area contributed by atoms with E-state index in [0.29, 0.717) is 24.4 Å². The third-order valence-corrected chi connectivity index (χ3v) is 4.98. The molecule has 20 heavy (non-hydrogen) atoms. The first-order chi connectivity index (χ1) is 9.79. The van der Waals surface area contributed by atoms with Crippen LogP contribution in [-0.2, 0) is 17.9 Å². The third-order valence-electron chi connectivity index (χ3n) is 4.98. The van der Waals surface area contributed by atoms with Crippen molar-refractivity contribution in [3.8, 4) is 0 Å². The lowest BCUT2D eigenvalue weighted by Crippen LogP contribution is -2.39. The highest BCUT2D eigenvalue weighted by Gasteiger charge is 2.38. The maximum Gasteiger partial charge on any atom is 0.236 e. The lowest BCUT2D eigenvalue weighted by Gasteiger charge is -2.21. The van der Waals surface area contributed by atoms with E-state index in [-0.39, 0.29) is 0 Å². The first kappa shape index (κ1) is 12.4. The Hall–Kier alpha value is -1.39. The summed E-state index contributed by atoms with van der Waals surface area (Å²) in [6.45, 7) is 5.39. The maximum atomic E-state index is 12.4. The van der Waals surface area contributed by atoms with E-state index in [1.807, 2.05) is 0 Å². The molecule has 2 atom stereocenters. The van der Waals surface area contributed by atoms with Crippen LogP contribution >= 0.6 is 0 Å². The summed E-state index contributed by atoms with van der Waals surface area (Å²) in [5.74, 6) is 0.990. The van der Waals surface area contributed by atoms with Crippen molar-refractivity contribution in [3.63, 3.8) is 0 Å². The molecule has 0 aliphatic carbocycles. The average molecular weight is 271 g/mol. The van der Waals surface area contributed by atoms with Crippen LogP contribution in [0.15, 0.2) is 24.3 Å². The van der Waals surface area contributed by atoms with Crippen molar-refractivity contribution in [2.75, 3.05) is 26.2 Å². The molecule has 3 aliphatic rings. The monoisotopic (exact) mass is 271 g/mol. The highest BCUT2D eigenvalue weighted by molar-refractivity contribution is 5.78. The lowest BCUT2D eigenvalue weighted by atomic mass is 10.1. The molecule has 1 aromatic rings. The molecule has 106 valence electrons. The summed E-state index contributed by atoms with van der Waals surface area (Å²) in [6.07, 6.45) is 1.23. The Labute approximate surface area is 119 Å². The van der Waals surface area contributed by atoms with Gasteiger partial charge in [0, 0.05) is 32.2 Å². The normalized spacial score (nSPS) is 28.7. The number of hydrogen-bond acceptors (Lipinski definition) is 3. The largest absolute Gasteiger partial charge is 0.340 e. The van der Waals surface area contributed by atoms with Gasteiger partial charge in [-0.1, -0.05) is 24.3 Å². The minimum Gasteiger partial charge on any atom is -0.340 e. The smallest absolute Gasteiger partial charge is 0.236 e. The van der Waals surface area contributed by atoms with Crippen LogP contribution in [-0.4, -0.2) is 47.9 Å². The second-order valence-corrected chi connectivity index (χ2v) is 6.32. The van der Waals surface area contributed by atoms with Crippen LogP contribution < -0.4 is 5.32 Å². The molecule has 0 aromatic heterocycles. The van der Waals surface area contributed by atoms with Crippen molar-refractivity contribution in [2.45, 2.75) is 25.6 Å². The standard InChI is InChI=1S/C16H21N3O/c20-16(19-9-14-5-6-17-15(14)10-19)11-18-7-12-3-1-2-4-13(12)8-18/h1-4,14-15,17H,5-11H2/t14-,15+/m0/s1. The Balaban J connectivity index is 1.36. The summed E-state index contributed by atoms with van der Waals surface area (Å²) < 4.78 is 0. The van der Waals surface area contributed by atoms with E-state index in [1.54, 1.807) is 0 Å². The van der Waals surface area contributed by atoms with Gasteiger partial charge in [0.2, 0.25) is 5.91 Å². The topological polar surface area (TPSA) is 35.6 Å². The van der Waals surface area contributed by atoms with Crippen molar-refractivity contribution < 1.29 is 4.79 Å². The summed E-state index contributed by atoms with van der Waals surface area (Å²) in [5, 5.41) is 3.50. The second kappa shape index (κ2) is 4.86. The lowest BCUT2D eigenvalue weighted by molar-refractivity contribution is -0.131. The maximum absolute atomic E-state index is 12.4. The molecule has 2 fully saturated rings. The summed E-state index contributed by atoms with van der Waals surface area (Å²) >= 11 is 0. The molecule has 0 bridgehead atoms. The number of carbonyl (C=O) groups excluding carboxylic acids is 1. The Morgan fingerprint density at radius 1 is 1.20 bits per heavy atom. The highest BCUT2D eigenvalue weighted by Crippen LogP contribution is 2.26. The van der Waals surface area contributed by atoms with Gasteiger partial charge < -0.3 is 10.2 Å². The number of carbonyl (C=O) groups is 1. The quantitative estimate of drug-likeness (QED) is 0.865. The molecule has 0 radical (unpaired) electrons. The van der Waals surface area contributed by atoms with Gasteiger partial charge in [-0.2, -0.15) is 0 Å². The molecule has 1 amide bonds. The SMILES string of the molecule is O=C(CN1Cc2ccccc2C1)N1C[C@@H]2CCN[C@@H]2C1. The van der Waals surface area contributed by atoms with Gasteiger partial charge in [-0.25, -0.2) is 0 Å². The van der Waals surface area contributed by atoms with Crippen LogP contribution in [0.2, 0.25) is 0 Å². The molecule has 2 saturated heterocycles. The second-order valence-electron chi connectivity index (χ2n) is 6.32. The predicted octanol–water partition coefficient (Wildman–Crippen LogP) is 0.823. The molecule has 0 unspecified atom stereocenters. The van der Waals surface area contributed by atoms with Gasteiger partial charge >= 0.3 is 0 Å². The third kappa shape index (κ3) is 2.13. The number of amides is 1. The van der Waals surface area contributed by atoms with Crippen LogP contribution in [0, 0.1) is 5.92 Å². The minimum absolute atomic E-state index is 0.300. The predicted molar refractivity (Wildman–Crippen MR) is 77.0 cm³/mol. The van der Waals surface area contributed by atoms with Gasteiger partial charge in [0.15, 0.2) is 0 Å². The Morgan fingerprint density at radius 2 is 1.95 bits per heavy atom. The molecular formula is C16H21N3O. The molecule has 0 saturated carbocycles. The van der Waals surface area contributed by atoms with Gasteiger partial charge in [-0.3, -0.25) is 9.69 Å². The van der Waals surface area contributed by atoms with Crippen molar-refractivity contribution in [3.05, 3.63) is 35.4 Å². The summed E-state index contributed by atoms with van der Waals surface area (Å²) in [4.78, 5) is 16.8. The number of fused-ring (bicyclic) bond motifs is 2.